The smallest absolute Gasteiger partial charge is 0.293 e. The molecular formula is C16H23NO2. The number of para-hydroxylation sites is 1. The number of rotatable bonds is 3. The Labute approximate surface area is 115 Å². The van der Waals surface area contributed by atoms with Crippen molar-refractivity contribution < 1.29 is 9.53 Å². The Bertz CT molecular complexity index is 509. The number of aromatic nitrogens is 1. The highest BCUT2D eigenvalue weighted by Gasteiger charge is 2.07. The zero-order chi connectivity index (χ0) is 14.3. The summed E-state index contributed by atoms with van der Waals surface area (Å²) in [5.41, 5.74) is 1.03. The van der Waals surface area contributed by atoms with E-state index in [0.29, 0.717) is 6.47 Å². The van der Waals surface area contributed by atoms with E-state index in [1.54, 1.807) is 0 Å². The molecule has 0 radical (unpaired) electrons. The van der Waals surface area contributed by atoms with Crippen LogP contribution >= 0.6 is 0 Å². The van der Waals surface area contributed by atoms with Gasteiger partial charge in [0.1, 0.15) is 5.60 Å². The zero-order valence-corrected chi connectivity index (χ0v) is 12.2. The first-order valence-corrected chi connectivity index (χ1v) is 6.63. The Morgan fingerprint density at radius 3 is 2.42 bits per heavy atom. The molecule has 0 saturated carbocycles. The van der Waals surface area contributed by atoms with Gasteiger partial charge in [-0.1, -0.05) is 25.1 Å². The molecular weight excluding hydrogens is 238 g/mol. The second kappa shape index (κ2) is 6.98. The summed E-state index contributed by atoms with van der Waals surface area (Å²) in [6.07, 6.45) is 3.35. The molecule has 0 spiro atoms. The van der Waals surface area contributed by atoms with Crippen LogP contribution in [0.15, 0.2) is 36.5 Å². The Balaban J connectivity index is 0.000000224. The first-order valence-electron chi connectivity index (χ1n) is 6.63. The highest BCUT2D eigenvalue weighted by molar-refractivity contribution is 5.79. The lowest BCUT2D eigenvalue weighted by molar-refractivity contribution is -0.138. The van der Waals surface area contributed by atoms with Crippen molar-refractivity contribution in [2.24, 2.45) is 0 Å². The average molecular weight is 261 g/mol. The van der Waals surface area contributed by atoms with Gasteiger partial charge in [-0.15, -0.1) is 0 Å². The molecule has 0 bridgehead atoms. The van der Waals surface area contributed by atoms with E-state index in [-0.39, 0.29) is 5.60 Å². The van der Waals surface area contributed by atoms with Crippen LogP contribution in [0.4, 0.5) is 0 Å². The van der Waals surface area contributed by atoms with E-state index in [9.17, 15) is 4.79 Å². The summed E-state index contributed by atoms with van der Waals surface area (Å²) in [5.74, 6) is 0. The molecule has 0 amide bonds. The highest BCUT2D eigenvalue weighted by atomic mass is 16.5. The van der Waals surface area contributed by atoms with Gasteiger partial charge in [-0.2, -0.15) is 0 Å². The third-order valence-electron chi connectivity index (χ3n) is 2.55. The molecule has 19 heavy (non-hydrogen) atoms. The lowest BCUT2D eigenvalue weighted by Gasteiger charge is -2.14. The van der Waals surface area contributed by atoms with Crippen LogP contribution in [0.25, 0.3) is 10.9 Å². The molecule has 0 N–H and O–H groups in total. The molecule has 0 saturated heterocycles. The second-order valence-electron chi connectivity index (χ2n) is 5.39. The fourth-order valence-corrected chi connectivity index (χ4v) is 1.72. The summed E-state index contributed by atoms with van der Waals surface area (Å²) < 4.78 is 6.85. The van der Waals surface area contributed by atoms with Crippen LogP contribution in [-0.2, 0) is 16.1 Å². The van der Waals surface area contributed by atoms with Crippen molar-refractivity contribution in [1.82, 2.24) is 4.57 Å². The predicted molar refractivity (Wildman–Crippen MR) is 79.1 cm³/mol. The summed E-state index contributed by atoms with van der Waals surface area (Å²) in [5, 5.41) is 1.34. The summed E-state index contributed by atoms with van der Waals surface area (Å²) in [4.78, 5) is 9.60. The molecule has 2 aromatic rings. The number of aryl methyl sites for hydroxylation is 1. The van der Waals surface area contributed by atoms with Crippen LogP contribution in [0.3, 0.4) is 0 Å². The van der Waals surface area contributed by atoms with E-state index in [0.717, 1.165) is 6.54 Å². The van der Waals surface area contributed by atoms with Gasteiger partial charge in [0.2, 0.25) is 0 Å². The van der Waals surface area contributed by atoms with Gasteiger partial charge in [-0.25, -0.2) is 0 Å². The van der Waals surface area contributed by atoms with Crippen molar-refractivity contribution in [3.8, 4) is 0 Å². The second-order valence-corrected chi connectivity index (χ2v) is 5.39. The third-order valence-corrected chi connectivity index (χ3v) is 2.55. The van der Waals surface area contributed by atoms with Crippen molar-refractivity contribution in [2.75, 3.05) is 0 Å². The highest BCUT2D eigenvalue weighted by Crippen LogP contribution is 2.14. The summed E-state index contributed by atoms with van der Waals surface area (Å²) in [6.45, 7) is 9.24. The Hall–Kier alpha value is -1.77. The number of fused-ring (bicyclic) bond motifs is 1. The summed E-state index contributed by atoms with van der Waals surface area (Å²) >= 11 is 0. The van der Waals surface area contributed by atoms with Crippen molar-refractivity contribution >= 4 is 17.4 Å². The molecule has 104 valence electrons. The van der Waals surface area contributed by atoms with Crippen LogP contribution in [0.5, 0.6) is 0 Å². The Morgan fingerprint density at radius 2 is 1.89 bits per heavy atom. The first-order chi connectivity index (χ1) is 8.98. The first kappa shape index (κ1) is 15.3. The Kier molecular flexibility index (Phi) is 5.61. The quantitative estimate of drug-likeness (QED) is 0.782. The van der Waals surface area contributed by atoms with E-state index in [4.69, 9.17) is 0 Å². The summed E-state index contributed by atoms with van der Waals surface area (Å²) in [7, 11) is 0. The van der Waals surface area contributed by atoms with Crippen molar-refractivity contribution in [3.05, 3.63) is 36.5 Å². The topological polar surface area (TPSA) is 31.2 Å². The lowest BCUT2D eigenvalue weighted by atomic mass is 10.2. The largest absolute Gasteiger partial charge is 0.462 e. The number of hydrogen-bond acceptors (Lipinski definition) is 2. The lowest BCUT2D eigenvalue weighted by Crippen LogP contribution is -2.17. The molecule has 3 heteroatoms. The number of nitrogens with zero attached hydrogens (tertiary/aromatic N) is 1. The minimum atomic E-state index is -0.318. The van der Waals surface area contributed by atoms with Gasteiger partial charge in [-0.3, -0.25) is 4.79 Å². The molecule has 3 nitrogen and oxygen atoms in total. The molecule has 1 aromatic carbocycles. The number of carbonyl (C=O) groups is 1. The molecule has 0 aliphatic heterocycles. The third kappa shape index (κ3) is 5.16. The van der Waals surface area contributed by atoms with Crippen LogP contribution in [0.1, 0.15) is 34.1 Å². The zero-order valence-electron chi connectivity index (χ0n) is 12.2. The van der Waals surface area contributed by atoms with Crippen LogP contribution in [0.2, 0.25) is 0 Å². The maximum atomic E-state index is 9.60. The summed E-state index contributed by atoms with van der Waals surface area (Å²) in [6, 6.07) is 10.7. The maximum absolute atomic E-state index is 9.60. The minimum absolute atomic E-state index is 0.318. The normalized spacial score (nSPS) is 10.7. The van der Waals surface area contributed by atoms with E-state index >= 15 is 0 Å². The molecule has 2 rings (SSSR count). The van der Waals surface area contributed by atoms with Crippen molar-refractivity contribution in [2.45, 2.75) is 46.3 Å². The van der Waals surface area contributed by atoms with E-state index in [1.165, 1.54) is 17.3 Å². The van der Waals surface area contributed by atoms with E-state index < -0.39 is 0 Å². The standard InChI is InChI=1S/C11H13N.C5H10O2/c1-2-8-12-9-7-10-5-3-4-6-11(10)12;1-5(2,3)7-4-6/h3-7,9H,2,8H2,1H3;4H,1-3H3. The van der Waals surface area contributed by atoms with Gasteiger partial charge in [0.05, 0.1) is 0 Å². The number of hydrogen-bond donors (Lipinski definition) is 0. The fourth-order valence-electron chi connectivity index (χ4n) is 1.72. The van der Waals surface area contributed by atoms with E-state index in [2.05, 4.69) is 52.8 Å². The number of carbonyl (C=O) groups excluding carboxylic acids is 1. The fraction of sp³-hybridized carbons (Fsp3) is 0.438. The Morgan fingerprint density at radius 1 is 1.21 bits per heavy atom. The molecule has 0 fully saturated rings. The average Bonchev–Trinajstić information content (AvgIpc) is 2.73. The van der Waals surface area contributed by atoms with Gasteiger partial charge >= 0.3 is 0 Å². The van der Waals surface area contributed by atoms with Crippen LogP contribution in [-0.4, -0.2) is 16.6 Å². The monoisotopic (exact) mass is 261 g/mol. The SMILES string of the molecule is CC(C)(C)OC=O.CCCn1ccc2ccccc21. The molecule has 0 unspecified atom stereocenters. The van der Waals surface area contributed by atoms with Gasteiger partial charge in [0, 0.05) is 18.3 Å². The van der Waals surface area contributed by atoms with Gasteiger partial charge in [0.15, 0.2) is 0 Å². The van der Waals surface area contributed by atoms with Gasteiger partial charge in [0.25, 0.3) is 6.47 Å². The molecule has 1 aromatic heterocycles. The predicted octanol–water partition coefficient (Wildman–Crippen LogP) is 4.01. The minimum Gasteiger partial charge on any atom is -0.462 e. The van der Waals surface area contributed by atoms with Crippen LogP contribution in [0, 0.1) is 0 Å². The van der Waals surface area contributed by atoms with Crippen molar-refractivity contribution in [1.29, 1.82) is 0 Å². The van der Waals surface area contributed by atoms with Gasteiger partial charge < -0.3 is 9.30 Å². The molecule has 0 aliphatic carbocycles. The number of ether oxygens (including phenoxy) is 1. The molecule has 0 atom stereocenters. The molecule has 0 aliphatic rings. The van der Waals surface area contributed by atoms with Crippen LogP contribution < -0.4 is 0 Å². The van der Waals surface area contributed by atoms with Crippen molar-refractivity contribution in [3.63, 3.8) is 0 Å². The number of benzene rings is 1. The van der Waals surface area contributed by atoms with E-state index in [1.807, 2.05) is 20.8 Å². The maximum Gasteiger partial charge on any atom is 0.293 e. The molecule has 1 heterocycles. The van der Waals surface area contributed by atoms with Gasteiger partial charge in [-0.05, 0) is 44.7 Å².